The molecule has 0 spiro atoms. The van der Waals surface area contributed by atoms with Gasteiger partial charge in [0.2, 0.25) is 0 Å². The van der Waals surface area contributed by atoms with Gasteiger partial charge in [0, 0.05) is 18.3 Å². The van der Waals surface area contributed by atoms with Gasteiger partial charge in [-0.2, -0.15) is 0 Å². The molecule has 1 aromatic carbocycles. The Hall–Kier alpha value is -2.30. The fraction of sp³-hybridized carbons (Fsp3) is 0.167. The van der Waals surface area contributed by atoms with E-state index in [9.17, 15) is 9.59 Å². The Morgan fingerprint density at radius 3 is 2.65 bits per heavy atom. The zero-order valence-electron chi connectivity index (χ0n) is 9.23. The number of aromatic amines is 1. The SMILES string of the molecule is CN1C(=O)NC(c2cc3ccccc3[nH]2)C1=O. The molecule has 17 heavy (non-hydrogen) atoms. The third-order valence-electron chi connectivity index (χ3n) is 3.01. The van der Waals surface area contributed by atoms with Crippen molar-refractivity contribution in [2.45, 2.75) is 6.04 Å². The Morgan fingerprint density at radius 2 is 2.00 bits per heavy atom. The van der Waals surface area contributed by atoms with Crippen molar-refractivity contribution in [2.24, 2.45) is 0 Å². The summed E-state index contributed by atoms with van der Waals surface area (Å²) in [5, 5.41) is 3.66. The van der Waals surface area contributed by atoms with Crippen molar-refractivity contribution in [3.05, 3.63) is 36.0 Å². The van der Waals surface area contributed by atoms with Gasteiger partial charge in [-0.15, -0.1) is 0 Å². The Labute approximate surface area is 97.4 Å². The van der Waals surface area contributed by atoms with Gasteiger partial charge in [0.05, 0.1) is 0 Å². The Kier molecular flexibility index (Phi) is 1.95. The first kappa shape index (κ1) is 9.89. The molecular weight excluding hydrogens is 218 g/mol. The molecule has 0 radical (unpaired) electrons. The summed E-state index contributed by atoms with van der Waals surface area (Å²) in [7, 11) is 1.47. The number of nitrogens with zero attached hydrogens (tertiary/aromatic N) is 1. The minimum atomic E-state index is -0.597. The number of amides is 3. The van der Waals surface area contributed by atoms with E-state index in [1.165, 1.54) is 7.05 Å². The van der Waals surface area contributed by atoms with E-state index < -0.39 is 6.04 Å². The maximum atomic E-state index is 11.8. The molecule has 86 valence electrons. The van der Waals surface area contributed by atoms with Crippen LogP contribution in [0.3, 0.4) is 0 Å². The maximum absolute atomic E-state index is 11.8. The number of hydrogen-bond acceptors (Lipinski definition) is 2. The minimum absolute atomic E-state index is 0.235. The number of aromatic nitrogens is 1. The van der Waals surface area contributed by atoms with Crippen molar-refractivity contribution in [2.75, 3.05) is 7.05 Å². The topological polar surface area (TPSA) is 65.2 Å². The van der Waals surface area contributed by atoms with Gasteiger partial charge in [0.25, 0.3) is 5.91 Å². The Balaban J connectivity index is 2.05. The average Bonchev–Trinajstić information content (AvgIpc) is 2.86. The van der Waals surface area contributed by atoms with Crippen LogP contribution in [0.2, 0.25) is 0 Å². The largest absolute Gasteiger partial charge is 0.356 e. The molecule has 3 amide bonds. The van der Waals surface area contributed by atoms with Crippen LogP contribution in [0.1, 0.15) is 11.7 Å². The fourth-order valence-electron chi connectivity index (χ4n) is 2.04. The lowest BCUT2D eigenvalue weighted by molar-refractivity contribution is -0.126. The molecule has 3 rings (SSSR count). The van der Waals surface area contributed by atoms with Crippen LogP contribution in [0.15, 0.2) is 30.3 Å². The summed E-state index contributed by atoms with van der Waals surface area (Å²) in [6.07, 6.45) is 0. The molecule has 1 atom stereocenters. The summed E-state index contributed by atoms with van der Waals surface area (Å²) in [5.41, 5.74) is 1.67. The van der Waals surface area contributed by atoms with E-state index in [-0.39, 0.29) is 11.9 Å². The number of carbonyl (C=O) groups is 2. The van der Waals surface area contributed by atoms with Gasteiger partial charge in [0.1, 0.15) is 0 Å². The normalized spacial score (nSPS) is 20.1. The zero-order chi connectivity index (χ0) is 12.0. The molecule has 1 unspecified atom stereocenters. The highest BCUT2D eigenvalue weighted by molar-refractivity contribution is 6.04. The molecule has 2 N–H and O–H groups in total. The number of para-hydroxylation sites is 1. The number of benzene rings is 1. The number of imide groups is 1. The molecule has 1 saturated heterocycles. The van der Waals surface area contributed by atoms with Gasteiger partial charge >= 0.3 is 6.03 Å². The summed E-state index contributed by atoms with van der Waals surface area (Å²) >= 11 is 0. The third kappa shape index (κ3) is 1.39. The van der Waals surface area contributed by atoms with Crippen molar-refractivity contribution < 1.29 is 9.59 Å². The predicted molar refractivity (Wildman–Crippen MR) is 62.3 cm³/mol. The standard InChI is InChI=1S/C12H11N3O2/c1-15-11(16)10(14-12(15)17)9-6-7-4-2-3-5-8(7)13-9/h2-6,10,13H,1H3,(H,14,17). The van der Waals surface area contributed by atoms with Crippen LogP contribution in [-0.2, 0) is 4.79 Å². The summed E-state index contributed by atoms with van der Waals surface area (Å²) in [4.78, 5) is 27.4. The first-order valence-corrected chi connectivity index (χ1v) is 5.32. The van der Waals surface area contributed by atoms with Gasteiger partial charge < -0.3 is 10.3 Å². The van der Waals surface area contributed by atoms with E-state index >= 15 is 0 Å². The summed E-state index contributed by atoms with van der Waals surface area (Å²) in [6, 6.07) is 8.67. The summed E-state index contributed by atoms with van der Waals surface area (Å²) < 4.78 is 0. The molecule has 0 bridgehead atoms. The number of H-pyrrole nitrogens is 1. The average molecular weight is 229 g/mol. The van der Waals surface area contributed by atoms with Crippen LogP contribution >= 0.6 is 0 Å². The lowest BCUT2D eigenvalue weighted by Crippen LogP contribution is -2.25. The third-order valence-corrected chi connectivity index (χ3v) is 3.01. The van der Waals surface area contributed by atoms with E-state index in [0.29, 0.717) is 5.69 Å². The van der Waals surface area contributed by atoms with Crippen molar-refractivity contribution in [3.8, 4) is 0 Å². The molecule has 1 fully saturated rings. The van der Waals surface area contributed by atoms with Crippen LogP contribution in [0.4, 0.5) is 4.79 Å². The molecule has 0 saturated carbocycles. The molecule has 2 aromatic rings. The van der Waals surface area contributed by atoms with Gasteiger partial charge in [-0.1, -0.05) is 18.2 Å². The monoisotopic (exact) mass is 229 g/mol. The lowest BCUT2D eigenvalue weighted by Gasteiger charge is -2.04. The smallest absolute Gasteiger partial charge is 0.324 e. The zero-order valence-corrected chi connectivity index (χ0v) is 9.23. The van der Waals surface area contributed by atoms with Gasteiger partial charge in [-0.3, -0.25) is 9.69 Å². The number of fused-ring (bicyclic) bond motifs is 1. The van der Waals surface area contributed by atoms with E-state index in [2.05, 4.69) is 10.3 Å². The van der Waals surface area contributed by atoms with Crippen LogP contribution in [0, 0.1) is 0 Å². The molecule has 1 aliphatic rings. The molecule has 5 heteroatoms. The highest BCUT2D eigenvalue weighted by Crippen LogP contribution is 2.24. The molecular formula is C12H11N3O2. The second kappa shape index (κ2) is 3.35. The maximum Gasteiger partial charge on any atom is 0.324 e. The highest BCUT2D eigenvalue weighted by Gasteiger charge is 2.37. The lowest BCUT2D eigenvalue weighted by atomic mass is 10.2. The van der Waals surface area contributed by atoms with Crippen LogP contribution < -0.4 is 5.32 Å². The van der Waals surface area contributed by atoms with Crippen molar-refractivity contribution in [1.29, 1.82) is 0 Å². The predicted octanol–water partition coefficient (Wildman–Crippen LogP) is 1.39. The quantitative estimate of drug-likeness (QED) is 0.726. The first-order valence-electron chi connectivity index (χ1n) is 5.32. The first-order chi connectivity index (χ1) is 8.16. The second-order valence-electron chi connectivity index (χ2n) is 4.09. The summed E-state index contributed by atoms with van der Waals surface area (Å²) in [6.45, 7) is 0. The summed E-state index contributed by atoms with van der Waals surface area (Å²) in [5.74, 6) is -0.235. The molecule has 0 aliphatic carbocycles. The number of nitrogens with one attached hydrogen (secondary N) is 2. The van der Waals surface area contributed by atoms with E-state index in [0.717, 1.165) is 15.8 Å². The molecule has 1 aliphatic heterocycles. The van der Waals surface area contributed by atoms with Crippen molar-refractivity contribution in [3.63, 3.8) is 0 Å². The Morgan fingerprint density at radius 1 is 1.24 bits per heavy atom. The van der Waals surface area contributed by atoms with Crippen LogP contribution in [0.25, 0.3) is 10.9 Å². The molecule has 1 aromatic heterocycles. The number of rotatable bonds is 1. The molecule has 2 heterocycles. The Bertz CT molecular complexity index is 584. The van der Waals surface area contributed by atoms with Gasteiger partial charge in [-0.25, -0.2) is 4.79 Å². The minimum Gasteiger partial charge on any atom is -0.356 e. The van der Waals surface area contributed by atoms with E-state index in [1.54, 1.807) is 0 Å². The van der Waals surface area contributed by atoms with Crippen molar-refractivity contribution in [1.82, 2.24) is 15.2 Å². The van der Waals surface area contributed by atoms with Gasteiger partial charge in [0.15, 0.2) is 6.04 Å². The number of likely N-dealkylation sites (N-methyl/N-ethyl adjacent to an activating group) is 1. The van der Waals surface area contributed by atoms with E-state index in [1.807, 2.05) is 30.3 Å². The van der Waals surface area contributed by atoms with Crippen LogP contribution in [-0.4, -0.2) is 28.9 Å². The second-order valence-corrected chi connectivity index (χ2v) is 4.09. The van der Waals surface area contributed by atoms with Crippen molar-refractivity contribution >= 4 is 22.8 Å². The fourth-order valence-corrected chi connectivity index (χ4v) is 2.04. The highest BCUT2D eigenvalue weighted by atomic mass is 16.2. The number of hydrogen-bond donors (Lipinski definition) is 2. The van der Waals surface area contributed by atoms with E-state index in [4.69, 9.17) is 0 Å². The van der Waals surface area contributed by atoms with Crippen LogP contribution in [0.5, 0.6) is 0 Å². The molecule has 5 nitrogen and oxygen atoms in total. The van der Waals surface area contributed by atoms with Gasteiger partial charge in [-0.05, 0) is 17.5 Å². The number of urea groups is 1. The number of carbonyl (C=O) groups excluding carboxylic acids is 2.